The summed E-state index contributed by atoms with van der Waals surface area (Å²) in [4.78, 5) is 12.8. The van der Waals surface area contributed by atoms with Crippen LogP contribution in [0.2, 0.25) is 0 Å². The van der Waals surface area contributed by atoms with E-state index >= 15 is 0 Å². The van der Waals surface area contributed by atoms with Gasteiger partial charge in [-0.25, -0.2) is 4.39 Å². The maximum atomic E-state index is 13.1. The topological polar surface area (TPSA) is 56.2 Å². The van der Waals surface area contributed by atoms with Crippen LogP contribution in [0.15, 0.2) is 48.0 Å². The lowest BCUT2D eigenvalue weighted by atomic mass is 10.3. The molecule has 0 aliphatic heterocycles. The van der Waals surface area contributed by atoms with E-state index < -0.39 is 0 Å². The van der Waals surface area contributed by atoms with Crippen molar-refractivity contribution in [1.29, 1.82) is 0 Å². The number of thiophene rings is 1. The highest BCUT2D eigenvalue weighted by atomic mass is 32.1. The van der Waals surface area contributed by atoms with Gasteiger partial charge in [0.15, 0.2) is 0 Å². The van der Waals surface area contributed by atoms with E-state index in [4.69, 9.17) is 4.74 Å². The number of carbonyl (C=O) groups excluding carboxylic acids is 1. The molecule has 3 rings (SSSR count). The number of carbonyl (C=O) groups is 1. The van der Waals surface area contributed by atoms with E-state index in [-0.39, 0.29) is 18.3 Å². The molecule has 7 heteroatoms. The molecule has 25 heavy (non-hydrogen) atoms. The fourth-order valence-electron chi connectivity index (χ4n) is 2.23. The Labute approximate surface area is 149 Å². The number of benzene rings is 1. The fourth-order valence-corrected chi connectivity index (χ4v) is 3.04. The number of aryl methyl sites for hydroxylation is 1. The average Bonchev–Trinajstić information content (AvgIpc) is 3.27. The maximum Gasteiger partial charge on any atom is 0.261 e. The van der Waals surface area contributed by atoms with Gasteiger partial charge in [-0.15, -0.1) is 11.3 Å². The Balaban J connectivity index is 1.52. The van der Waals surface area contributed by atoms with Gasteiger partial charge in [0.2, 0.25) is 0 Å². The van der Waals surface area contributed by atoms with Crippen LogP contribution in [0.25, 0.3) is 0 Å². The van der Waals surface area contributed by atoms with Gasteiger partial charge >= 0.3 is 0 Å². The van der Waals surface area contributed by atoms with Gasteiger partial charge in [-0.2, -0.15) is 5.10 Å². The molecule has 5 nitrogen and oxygen atoms in total. The first-order valence-electron chi connectivity index (χ1n) is 7.90. The number of halogens is 1. The number of hydrogen-bond donors (Lipinski definition) is 1. The highest BCUT2D eigenvalue weighted by Crippen LogP contribution is 2.18. The Morgan fingerprint density at radius 3 is 3.00 bits per heavy atom. The molecule has 1 N–H and O–H groups in total. The molecule has 0 saturated carbocycles. The second-order valence-electron chi connectivity index (χ2n) is 5.41. The summed E-state index contributed by atoms with van der Waals surface area (Å²) in [6.45, 7) is 3.48. The van der Waals surface area contributed by atoms with Crippen molar-refractivity contribution in [2.24, 2.45) is 0 Å². The van der Waals surface area contributed by atoms with Gasteiger partial charge in [-0.3, -0.25) is 9.48 Å². The quantitative estimate of drug-likeness (QED) is 0.701. The molecule has 0 saturated heterocycles. The summed E-state index contributed by atoms with van der Waals surface area (Å²) in [6.07, 6.45) is 1.88. The molecule has 1 amide bonds. The minimum atomic E-state index is -0.339. The molecular weight excluding hydrogens is 341 g/mol. The predicted molar refractivity (Wildman–Crippen MR) is 94.1 cm³/mol. The van der Waals surface area contributed by atoms with E-state index in [1.165, 1.54) is 23.5 Å². The number of hydrogen-bond acceptors (Lipinski definition) is 4. The summed E-state index contributed by atoms with van der Waals surface area (Å²) < 4.78 is 20.5. The third kappa shape index (κ3) is 4.67. The van der Waals surface area contributed by atoms with Crippen LogP contribution in [-0.4, -0.2) is 15.7 Å². The van der Waals surface area contributed by atoms with Crippen LogP contribution in [0.3, 0.4) is 0 Å². The third-order valence-corrected chi connectivity index (χ3v) is 4.51. The molecule has 0 fully saturated rings. The highest BCUT2D eigenvalue weighted by Gasteiger charge is 2.10. The molecule has 0 atom stereocenters. The van der Waals surface area contributed by atoms with Crippen LogP contribution in [0.5, 0.6) is 5.75 Å². The molecule has 130 valence electrons. The van der Waals surface area contributed by atoms with Crippen LogP contribution in [0.1, 0.15) is 27.9 Å². The lowest BCUT2D eigenvalue weighted by Gasteiger charge is -2.04. The minimum Gasteiger partial charge on any atom is -0.489 e. The van der Waals surface area contributed by atoms with Crippen molar-refractivity contribution in [2.45, 2.75) is 26.6 Å². The van der Waals surface area contributed by atoms with E-state index in [2.05, 4.69) is 10.4 Å². The van der Waals surface area contributed by atoms with Crippen molar-refractivity contribution >= 4 is 17.2 Å². The average molecular weight is 359 g/mol. The largest absolute Gasteiger partial charge is 0.489 e. The van der Waals surface area contributed by atoms with E-state index in [0.29, 0.717) is 17.2 Å². The summed E-state index contributed by atoms with van der Waals surface area (Å²) in [5.41, 5.74) is 1.69. The number of nitrogens with one attached hydrogen (secondary N) is 1. The predicted octanol–water partition coefficient (Wildman–Crippen LogP) is 3.61. The van der Waals surface area contributed by atoms with Crippen LogP contribution in [-0.2, 0) is 19.7 Å². The van der Waals surface area contributed by atoms with E-state index in [0.717, 1.165) is 17.8 Å². The van der Waals surface area contributed by atoms with E-state index in [1.807, 2.05) is 29.2 Å². The molecule has 0 radical (unpaired) electrons. The van der Waals surface area contributed by atoms with Crippen LogP contribution < -0.4 is 10.1 Å². The van der Waals surface area contributed by atoms with Crippen molar-refractivity contribution in [3.05, 3.63) is 69.9 Å². The lowest BCUT2D eigenvalue weighted by molar-refractivity contribution is 0.0954. The number of nitrogens with zero attached hydrogens (tertiary/aromatic N) is 2. The molecule has 2 aromatic heterocycles. The van der Waals surface area contributed by atoms with Gasteiger partial charge in [-0.05, 0) is 36.6 Å². The SMILES string of the molecule is CCn1ccc(CNC(=O)c2cc(COc3cccc(F)c3)cs2)n1. The fraction of sp³-hybridized carbons (Fsp3) is 0.222. The van der Waals surface area contributed by atoms with E-state index in [1.54, 1.807) is 18.2 Å². The molecule has 0 aliphatic carbocycles. The summed E-state index contributed by atoms with van der Waals surface area (Å²) in [6, 6.07) is 9.65. The summed E-state index contributed by atoms with van der Waals surface area (Å²) in [7, 11) is 0. The summed E-state index contributed by atoms with van der Waals surface area (Å²) >= 11 is 1.35. The van der Waals surface area contributed by atoms with Crippen molar-refractivity contribution < 1.29 is 13.9 Å². The Hall–Kier alpha value is -2.67. The molecular formula is C18H18FN3O2S. The number of ether oxygens (including phenoxy) is 1. The smallest absolute Gasteiger partial charge is 0.261 e. The van der Waals surface area contributed by atoms with Crippen molar-refractivity contribution in [2.75, 3.05) is 0 Å². The van der Waals surface area contributed by atoms with Crippen molar-refractivity contribution in [3.63, 3.8) is 0 Å². The number of aromatic nitrogens is 2. The number of amides is 1. The minimum absolute atomic E-state index is 0.145. The van der Waals surface area contributed by atoms with Crippen LogP contribution >= 0.6 is 11.3 Å². The molecule has 0 bridgehead atoms. The molecule has 2 heterocycles. The molecule has 0 aliphatic rings. The van der Waals surface area contributed by atoms with Gasteiger partial charge < -0.3 is 10.1 Å². The molecule has 3 aromatic rings. The van der Waals surface area contributed by atoms with Gasteiger partial charge in [-0.1, -0.05) is 6.07 Å². The highest BCUT2D eigenvalue weighted by molar-refractivity contribution is 7.12. The first-order valence-corrected chi connectivity index (χ1v) is 8.78. The first kappa shape index (κ1) is 17.2. The maximum absolute atomic E-state index is 13.1. The van der Waals surface area contributed by atoms with Crippen LogP contribution in [0, 0.1) is 5.82 Å². The normalized spacial score (nSPS) is 10.6. The first-order chi connectivity index (χ1) is 12.1. The van der Waals surface area contributed by atoms with Gasteiger partial charge in [0.05, 0.1) is 17.1 Å². The second-order valence-corrected chi connectivity index (χ2v) is 6.32. The standard InChI is InChI=1S/C18H18FN3O2S/c1-2-22-7-6-15(21-22)10-20-18(23)17-8-13(12-25-17)11-24-16-5-3-4-14(19)9-16/h3-9,12H,2,10-11H2,1H3,(H,20,23). The second kappa shape index (κ2) is 7.94. The molecule has 0 spiro atoms. The summed E-state index contributed by atoms with van der Waals surface area (Å²) in [5.74, 6) is -0.0230. The van der Waals surface area contributed by atoms with Gasteiger partial charge in [0.25, 0.3) is 5.91 Å². The zero-order chi connectivity index (χ0) is 17.6. The van der Waals surface area contributed by atoms with Crippen molar-refractivity contribution in [3.8, 4) is 5.75 Å². The Bertz CT molecular complexity index is 859. The molecule has 1 aromatic carbocycles. The lowest BCUT2D eigenvalue weighted by Crippen LogP contribution is -2.22. The zero-order valence-electron chi connectivity index (χ0n) is 13.7. The third-order valence-electron chi connectivity index (χ3n) is 3.53. The summed E-state index contributed by atoms with van der Waals surface area (Å²) in [5, 5.41) is 9.04. The van der Waals surface area contributed by atoms with Gasteiger partial charge in [0.1, 0.15) is 18.2 Å². The van der Waals surface area contributed by atoms with Crippen LogP contribution in [0.4, 0.5) is 4.39 Å². The monoisotopic (exact) mass is 359 g/mol. The van der Waals surface area contributed by atoms with Gasteiger partial charge in [0, 0.05) is 24.4 Å². The molecule has 0 unspecified atom stereocenters. The number of rotatable bonds is 7. The van der Waals surface area contributed by atoms with Crippen molar-refractivity contribution in [1.82, 2.24) is 15.1 Å². The van der Waals surface area contributed by atoms with E-state index in [9.17, 15) is 9.18 Å². The Morgan fingerprint density at radius 2 is 2.24 bits per heavy atom. The Morgan fingerprint density at radius 1 is 1.36 bits per heavy atom. The Kier molecular flexibility index (Phi) is 5.45. The zero-order valence-corrected chi connectivity index (χ0v) is 14.6.